The van der Waals surface area contributed by atoms with Crippen molar-refractivity contribution in [2.75, 3.05) is 13.2 Å². The Kier molecular flexibility index (Phi) is 5.69. The molecule has 2 aliphatic rings. The van der Waals surface area contributed by atoms with E-state index in [1.807, 2.05) is 30.3 Å². The smallest absolute Gasteiger partial charge is 0.346 e. The highest BCUT2D eigenvalue weighted by Crippen LogP contribution is 2.29. The molecule has 0 saturated carbocycles. The van der Waals surface area contributed by atoms with E-state index in [2.05, 4.69) is 21.7 Å². The minimum Gasteiger partial charge on any atom is -0.348 e. The quantitative estimate of drug-likeness (QED) is 0.638. The van der Waals surface area contributed by atoms with E-state index in [4.69, 9.17) is 4.84 Å². The second-order valence-corrected chi connectivity index (χ2v) is 9.05. The van der Waals surface area contributed by atoms with Gasteiger partial charge in [-0.15, -0.1) is 11.3 Å². The number of amides is 4. The Morgan fingerprint density at radius 1 is 1.21 bits per heavy atom. The van der Waals surface area contributed by atoms with Gasteiger partial charge in [0.05, 0.1) is 6.04 Å². The number of hydrogen-bond donors (Lipinski definition) is 1. The molecule has 9 nitrogen and oxygen atoms in total. The maximum atomic E-state index is 13.8. The second-order valence-electron chi connectivity index (χ2n) is 8.14. The minimum absolute atomic E-state index is 0.0967. The van der Waals surface area contributed by atoms with Gasteiger partial charge < -0.3 is 15.1 Å². The third kappa shape index (κ3) is 4.14. The largest absolute Gasteiger partial charge is 0.348 e. The molecule has 0 spiro atoms. The standard InChI is InChI=1S/C23H23N5O4S/c1-15-22-27(12-20(29)25-15)21(30)13-32-28(22)23(31)26(10-16-6-8-24-9-7-16)11-17-14-33-19-5-3-2-4-18(17)19/h2-9,14-15,22H,10-13H2,1H3,(H,25,29). The van der Waals surface area contributed by atoms with Crippen LogP contribution in [-0.4, -0.2) is 63.1 Å². The summed E-state index contributed by atoms with van der Waals surface area (Å²) in [4.78, 5) is 51.0. The molecule has 170 valence electrons. The number of urea groups is 1. The number of carbonyl (C=O) groups is 3. The summed E-state index contributed by atoms with van der Waals surface area (Å²) in [5.41, 5.74) is 1.96. The molecule has 2 aliphatic heterocycles. The fourth-order valence-corrected chi connectivity index (χ4v) is 5.26. The first kappa shape index (κ1) is 21.4. The third-order valence-corrected chi connectivity index (χ3v) is 6.87. The van der Waals surface area contributed by atoms with Crippen molar-refractivity contribution in [2.45, 2.75) is 32.2 Å². The van der Waals surface area contributed by atoms with E-state index in [9.17, 15) is 14.4 Å². The van der Waals surface area contributed by atoms with Crippen molar-refractivity contribution in [1.82, 2.24) is 25.2 Å². The van der Waals surface area contributed by atoms with E-state index in [-0.39, 0.29) is 31.0 Å². The fraction of sp³-hybridized carbons (Fsp3) is 0.304. The van der Waals surface area contributed by atoms with E-state index >= 15 is 0 Å². The Morgan fingerprint density at radius 3 is 2.82 bits per heavy atom. The lowest BCUT2D eigenvalue weighted by Gasteiger charge is -2.48. The highest BCUT2D eigenvalue weighted by molar-refractivity contribution is 7.17. The van der Waals surface area contributed by atoms with Crippen LogP contribution in [0.3, 0.4) is 0 Å². The molecule has 33 heavy (non-hydrogen) atoms. The molecular formula is C23H23N5O4S. The predicted molar refractivity (Wildman–Crippen MR) is 122 cm³/mol. The fourth-order valence-electron chi connectivity index (χ4n) is 4.31. The Hall–Kier alpha value is -3.50. The molecule has 3 aromatic rings. The van der Waals surface area contributed by atoms with Crippen LogP contribution in [0, 0.1) is 0 Å². The molecule has 2 fully saturated rings. The molecule has 2 atom stereocenters. The number of piperazine rings is 1. The van der Waals surface area contributed by atoms with Gasteiger partial charge in [0.2, 0.25) is 5.91 Å². The molecule has 0 aliphatic carbocycles. The Labute approximate surface area is 194 Å². The zero-order chi connectivity index (χ0) is 22.9. The predicted octanol–water partition coefficient (Wildman–Crippen LogP) is 2.34. The minimum atomic E-state index is -0.712. The average molecular weight is 466 g/mol. The van der Waals surface area contributed by atoms with Gasteiger partial charge in [-0.3, -0.25) is 19.4 Å². The summed E-state index contributed by atoms with van der Waals surface area (Å²) < 4.78 is 1.15. The summed E-state index contributed by atoms with van der Waals surface area (Å²) in [7, 11) is 0. The zero-order valence-electron chi connectivity index (χ0n) is 18.0. The maximum Gasteiger partial charge on any atom is 0.346 e. The van der Waals surface area contributed by atoms with Crippen LogP contribution < -0.4 is 5.32 Å². The van der Waals surface area contributed by atoms with Crippen molar-refractivity contribution in [3.63, 3.8) is 0 Å². The lowest BCUT2D eigenvalue weighted by atomic mass is 10.1. The van der Waals surface area contributed by atoms with Gasteiger partial charge in [-0.05, 0) is 47.0 Å². The molecule has 2 aromatic heterocycles. The van der Waals surface area contributed by atoms with E-state index in [1.54, 1.807) is 35.6 Å². The number of nitrogens with zero attached hydrogens (tertiary/aromatic N) is 4. The SMILES string of the molecule is CC1NC(=O)CN2C(=O)CON(C(=O)N(Cc3ccncc3)Cc3csc4ccccc34)C12. The number of hydrogen-bond acceptors (Lipinski definition) is 6. The summed E-state index contributed by atoms with van der Waals surface area (Å²) in [6.45, 7) is 2.09. The molecule has 4 amide bonds. The van der Waals surface area contributed by atoms with Crippen LogP contribution in [-0.2, 0) is 27.5 Å². The van der Waals surface area contributed by atoms with E-state index in [0.717, 1.165) is 21.2 Å². The first-order valence-corrected chi connectivity index (χ1v) is 11.5. The average Bonchev–Trinajstić information content (AvgIpc) is 3.22. The molecule has 4 heterocycles. The number of aromatic nitrogens is 1. The van der Waals surface area contributed by atoms with Crippen LogP contribution in [0.15, 0.2) is 54.2 Å². The Morgan fingerprint density at radius 2 is 2.00 bits per heavy atom. The second kappa shape index (κ2) is 8.80. The van der Waals surface area contributed by atoms with Crippen molar-refractivity contribution in [1.29, 1.82) is 0 Å². The molecule has 5 rings (SSSR count). The molecular weight excluding hydrogens is 442 g/mol. The summed E-state index contributed by atoms with van der Waals surface area (Å²) in [5.74, 6) is -0.560. The van der Waals surface area contributed by atoms with Gasteiger partial charge in [0.25, 0.3) is 5.91 Å². The van der Waals surface area contributed by atoms with Crippen LogP contribution in [0.4, 0.5) is 4.79 Å². The van der Waals surface area contributed by atoms with Crippen LogP contribution >= 0.6 is 11.3 Å². The summed E-state index contributed by atoms with van der Waals surface area (Å²) in [6.07, 6.45) is 2.67. The molecule has 2 saturated heterocycles. The summed E-state index contributed by atoms with van der Waals surface area (Å²) in [6, 6.07) is 11.0. The lowest BCUT2D eigenvalue weighted by Crippen LogP contribution is -2.71. The molecule has 2 unspecified atom stereocenters. The summed E-state index contributed by atoms with van der Waals surface area (Å²) in [5, 5.41) is 7.21. The first-order valence-electron chi connectivity index (χ1n) is 10.6. The number of rotatable bonds is 4. The van der Waals surface area contributed by atoms with Crippen molar-refractivity contribution >= 4 is 39.3 Å². The van der Waals surface area contributed by atoms with Gasteiger partial charge >= 0.3 is 6.03 Å². The van der Waals surface area contributed by atoms with Gasteiger partial charge in [-0.25, -0.2) is 4.79 Å². The van der Waals surface area contributed by atoms with Crippen molar-refractivity contribution in [2.24, 2.45) is 0 Å². The van der Waals surface area contributed by atoms with Crippen molar-refractivity contribution in [3.05, 3.63) is 65.3 Å². The normalized spacial score (nSPS) is 20.5. The molecule has 0 bridgehead atoms. The van der Waals surface area contributed by atoms with Crippen molar-refractivity contribution < 1.29 is 19.2 Å². The van der Waals surface area contributed by atoms with Gasteiger partial charge in [-0.2, -0.15) is 5.06 Å². The third-order valence-electron chi connectivity index (χ3n) is 5.86. The molecule has 0 radical (unpaired) electrons. The summed E-state index contributed by atoms with van der Waals surface area (Å²) >= 11 is 1.64. The lowest BCUT2D eigenvalue weighted by molar-refractivity contribution is -0.232. The van der Waals surface area contributed by atoms with Gasteiger partial charge in [-0.1, -0.05) is 18.2 Å². The van der Waals surface area contributed by atoms with Crippen LogP contribution in [0.1, 0.15) is 18.1 Å². The number of fused-ring (bicyclic) bond motifs is 2. The maximum absolute atomic E-state index is 13.8. The zero-order valence-corrected chi connectivity index (χ0v) is 18.8. The van der Waals surface area contributed by atoms with E-state index < -0.39 is 12.2 Å². The number of pyridine rings is 1. The van der Waals surface area contributed by atoms with Crippen molar-refractivity contribution in [3.8, 4) is 0 Å². The molecule has 10 heteroatoms. The highest BCUT2D eigenvalue weighted by atomic mass is 32.1. The first-order chi connectivity index (χ1) is 16.0. The van der Waals surface area contributed by atoms with Gasteiger partial charge in [0, 0.05) is 30.2 Å². The molecule has 1 aromatic carbocycles. The Balaban J connectivity index is 1.47. The van der Waals surface area contributed by atoms with Crippen LogP contribution in [0.2, 0.25) is 0 Å². The van der Waals surface area contributed by atoms with Gasteiger partial charge in [0.1, 0.15) is 6.54 Å². The highest BCUT2D eigenvalue weighted by Gasteiger charge is 2.46. The number of hydroxylamine groups is 2. The number of benzene rings is 1. The van der Waals surface area contributed by atoms with E-state index in [1.165, 1.54) is 9.96 Å². The van der Waals surface area contributed by atoms with Gasteiger partial charge in [0.15, 0.2) is 12.8 Å². The number of thiophene rings is 1. The number of carbonyl (C=O) groups excluding carboxylic acids is 3. The molecule has 1 N–H and O–H groups in total. The Bertz CT molecular complexity index is 1200. The van der Waals surface area contributed by atoms with Crippen LogP contribution in [0.25, 0.3) is 10.1 Å². The van der Waals surface area contributed by atoms with E-state index in [0.29, 0.717) is 13.1 Å². The number of nitrogens with one attached hydrogen (secondary N) is 1. The topological polar surface area (TPSA) is 95.1 Å². The monoisotopic (exact) mass is 465 g/mol. The van der Waals surface area contributed by atoms with Crippen LogP contribution in [0.5, 0.6) is 0 Å².